The first-order chi connectivity index (χ1) is 8.10. The number of unbranched alkanes of at least 4 members (excludes halogenated alkanes) is 1. The Balaban J connectivity index is 2.35. The van der Waals surface area contributed by atoms with Gasteiger partial charge in [-0.05, 0) is 25.7 Å². The molecule has 0 spiro atoms. The van der Waals surface area contributed by atoms with Crippen LogP contribution < -0.4 is 5.32 Å². The summed E-state index contributed by atoms with van der Waals surface area (Å²) in [6.45, 7) is 0.636. The summed E-state index contributed by atoms with van der Waals surface area (Å²) in [6.07, 6.45) is 4.77. The molecule has 98 valence electrons. The first kappa shape index (κ1) is 14.0. The van der Waals surface area contributed by atoms with Crippen molar-refractivity contribution in [3.8, 4) is 0 Å². The largest absolute Gasteiger partial charge is 0.480 e. The van der Waals surface area contributed by atoms with Gasteiger partial charge in [-0.25, -0.2) is 4.79 Å². The van der Waals surface area contributed by atoms with Crippen molar-refractivity contribution in [2.75, 3.05) is 13.7 Å². The molecule has 5 heteroatoms. The zero-order valence-electron chi connectivity index (χ0n) is 10.3. The maximum absolute atomic E-state index is 11.7. The Morgan fingerprint density at radius 3 is 2.47 bits per heavy atom. The van der Waals surface area contributed by atoms with E-state index in [1.165, 1.54) is 0 Å². The van der Waals surface area contributed by atoms with E-state index in [9.17, 15) is 14.7 Å². The molecular formula is C12H21NO4. The second-order valence-electron chi connectivity index (χ2n) is 4.59. The van der Waals surface area contributed by atoms with E-state index in [0.717, 1.165) is 25.7 Å². The lowest BCUT2D eigenvalue weighted by atomic mass is 9.97. The Kier molecular flexibility index (Phi) is 5.41. The molecule has 0 aromatic carbocycles. The average molecular weight is 243 g/mol. The summed E-state index contributed by atoms with van der Waals surface area (Å²) >= 11 is 0. The number of nitrogens with one attached hydrogen (secondary N) is 1. The standard InChI is InChI=1S/C12H21NO4/c1-17-9-5-2-6-10(14)13-12(11(15)16)7-3-4-8-12/h2-9H2,1H3,(H,13,14)(H,15,16). The van der Waals surface area contributed by atoms with Gasteiger partial charge < -0.3 is 15.2 Å². The van der Waals surface area contributed by atoms with E-state index in [4.69, 9.17) is 4.74 Å². The molecule has 1 amide bonds. The van der Waals surface area contributed by atoms with Gasteiger partial charge in [0.05, 0.1) is 0 Å². The molecule has 5 nitrogen and oxygen atoms in total. The molecule has 1 aliphatic rings. The summed E-state index contributed by atoms with van der Waals surface area (Å²) in [4.78, 5) is 22.9. The number of hydrogen-bond donors (Lipinski definition) is 2. The van der Waals surface area contributed by atoms with Crippen LogP contribution in [0.5, 0.6) is 0 Å². The third kappa shape index (κ3) is 4.00. The van der Waals surface area contributed by atoms with Gasteiger partial charge in [-0.15, -0.1) is 0 Å². The van der Waals surface area contributed by atoms with Gasteiger partial charge in [0.15, 0.2) is 0 Å². The van der Waals surface area contributed by atoms with Gasteiger partial charge in [-0.3, -0.25) is 4.79 Å². The molecule has 17 heavy (non-hydrogen) atoms. The van der Waals surface area contributed by atoms with Crippen LogP contribution in [0.3, 0.4) is 0 Å². The average Bonchev–Trinajstić information content (AvgIpc) is 2.74. The zero-order valence-corrected chi connectivity index (χ0v) is 10.3. The Hall–Kier alpha value is -1.10. The van der Waals surface area contributed by atoms with E-state index >= 15 is 0 Å². The van der Waals surface area contributed by atoms with E-state index < -0.39 is 11.5 Å². The van der Waals surface area contributed by atoms with Crippen LogP contribution in [-0.2, 0) is 14.3 Å². The van der Waals surface area contributed by atoms with Crippen molar-refractivity contribution >= 4 is 11.9 Å². The van der Waals surface area contributed by atoms with Gasteiger partial charge >= 0.3 is 5.97 Å². The molecule has 0 unspecified atom stereocenters. The Morgan fingerprint density at radius 1 is 1.29 bits per heavy atom. The lowest BCUT2D eigenvalue weighted by Crippen LogP contribution is -2.52. The number of amides is 1. The molecule has 2 N–H and O–H groups in total. The van der Waals surface area contributed by atoms with E-state index in [1.807, 2.05) is 0 Å². The Morgan fingerprint density at radius 2 is 1.94 bits per heavy atom. The summed E-state index contributed by atoms with van der Waals surface area (Å²) in [5.74, 6) is -1.06. The van der Waals surface area contributed by atoms with Gasteiger partial charge in [0.1, 0.15) is 5.54 Å². The van der Waals surface area contributed by atoms with E-state index in [1.54, 1.807) is 7.11 Å². The van der Waals surface area contributed by atoms with E-state index in [0.29, 0.717) is 25.9 Å². The molecule has 0 heterocycles. The number of hydrogen-bond acceptors (Lipinski definition) is 3. The summed E-state index contributed by atoms with van der Waals surface area (Å²) in [6, 6.07) is 0. The first-order valence-electron chi connectivity index (χ1n) is 6.14. The summed E-state index contributed by atoms with van der Waals surface area (Å²) in [5, 5.41) is 11.9. The minimum absolute atomic E-state index is 0.162. The number of methoxy groups -OCH3 is 1. The highest BCUT2D eigenvalue weighted by atomic mass is 16.5. The highest BCUT2D eigenvalue weighted by molar-refractivity contribution is 5.87. The third-order valence-electron chi connectivity index (χ3n) is 3.25. The second-order valence-corrected chi connectivity index (χ2v) is 4.59. The van der Waals surface area contributed by atoms with Crippen molar-refractivity contribution in [1.82, 2.24) is 5.32 Å². The van der Waals surface area contributed by atoms with Crippen LogP contribution in [0.4, 0.5) is 0 Å². The van der Waals surface area contributed by atoms with Crippen LogP contribution in [-0.4, -0.2) is 36.2 Å². The van der Waals surface area contributed by atoms with E-state index in [2.05, 4.69) is 5.32 Å². The Bertz CT molecular complexity index is 272. The fourth-order valence-electron chi connectivity index (χ4n) is 2.23. The lowest BCUT2D eigenvalue weighted by Gasteiger charge is -2.25. The normalized spacial score (nSPS) is 17.9. The number of carboxylic acids is 1. The smallest absolute Gasteiger partial charge is 0.329 e. The van der Waals surface area contributed by atoms with Gasteiger partial charge in [0, 0.05) is 20.1 Å². The van der Waals surface area contributed by atoms with Crippen LogP contribution in [0, 0.1) is 0 Å². The highest BCUT2D eigenvalue weighted by Gasteiger charge is 2.42. The fourth-order valence-corrected chi connectivity index (χ4v) is 2.23. The van der Waals surface area contributed by atoms with Gasteiger partial charge in [-0.2, -0.15) is 0 Å². The first-order valence-corrected chi connectivity index (χ1v) is 6.14. The summed E-state index contributed by atoms with van der Waals surface area (Å²) < 4.78 is 4.89. The van der Waals surface area contributed by atoms with Gasteiger partial charge in [0.25, 0.3) is 0 Å². The van der Waals surface area contributed by atoms with Crippen molar-refractivity contribution in [3.63, 3.8) is 0 Å². The predicted molar refractivity (Wildman–Crippen MR) is 62.7 cm³/mol. The molecule has 0 atom stereocenters. The minimum Gasteiger partial charge on any atom is -0.480 e. The number of ether oxygens (including phenoxy) is 1. The lowest BCUT2D eigenvalue weighted by molar-refractivity contribution is -0.147. The van der Waals surface area contributed by atoms with Crippen LogP contribution >= 0.6 is 0 Å². The molecule has 1 fully saturated rings. The van der Waals surface area contributed by atoms with Crippen LogP contribution in [0.25, 0.3) is 0 Å². The predicted octanol–water partition coefficient (Wildman–Crippen LogP) is 1.32. The molecule has 0 radical (unpaired) electrons. The van der Waals surface area contributed by atoms with Gasteiger partial charge in [0.2, 0.25) is 5.91 Å². The van der Waals surface area contributed by atoms with Crippen molar-refractivity contribution in [2.45, 2.75) is 50.5 Å². The molecule has 0 aromatic heterocycles. The quantitative estimate of drug-likeness (QED) is 0.661. The molecule has 1 aliphatic carbocycles. The maximum Gasteiger partial charge on any atom is 0.329 e. The summed E-state index contributed by atoms with van der Waals surface area (Å²) in [7, 11) is 1.62. The Labute approximate surface area is 102 Å². The molecule has 1 saturated carbocycles. The number of carboxylic acid groups (broad SMARTS) is 1. The number of carbonyl (C=O) groups excluding carboxylic acids is 1. The van der Waals surface area contributed by atoms with Crippen LogP contribution in [0.15, 0.2) is 0 Å². The monoisotopic (exact) mass is 243 g/mol. The van der Waals surface area contributed by atoms with E-state index in [-0.39, 0.29) is 5.91 Å². The van der Waals surface area contributed by atoms with Crippen molar-refractivity contribution in [3.05, 3.63) is 0 Å². The molecule has 0 bridgehead atoms. The van der Waals surface area contributed by atoms with Crippen molar-refractivity contribution < 1.29 is 19.4 Å². The number of carbonyl (C=O) groups is 2. The SMILES string of the molecule is COCCCCC(=O)NC1(C(=O)O)CCCC1. The topological polar surface area (TPSA) is 75.6 Å². The number of aliphatic carboxylic acids is 1. The third-order valence-corrected chi connectivity index (χ3v) is 3.25. The molecular weight excluding hydrogens is 222 g/mol. The molecule has 1 rings (SSSR count). The summed E-state index contributed by atoms with van der Waals surface area (Å²) in [5.41, 5.74) is -1.00. The maximum atomic E-state index is 11.7. The van der Waals surface area contributed by atoms with Crippen molar-refractivity contribution in [2.24, 2.45) is 0 Å². The van der Waals surface area contributed by atoms with Crippen LogP contribution in [0.1, 0.15) is 44.9 Å². The number of rotatable bonds is 7. The highest BCUT2D eigenvalue weighted by Crippen LogP contribution is 2.30. The van der Waals surface area contributed by atoms with Crippen molar-refractivity contribution in [1.29, 1.82) is 0 Å². The van der Waals surface area contributed by atoms with Crippen LogP contribution in [0.2, 0.25) is 0 Å². The minimum atomic E-state index is -1.00. The van der Waals surface area contributed by atoms with Gasteiger partial charge in [-0.1, -0.05) is 12.8 Å². The second kappa shape index (κ2) is 6.59. The molecule has 0 aliphatic heterocycles. The molecule has 0 saturated heterocycles. The zero-order chi connectivity index (χ0) is 12.7. The molecule has 0 aromatic rings. The fraction of sp³-hybridized carbons (Fsp3) is 0.833.